The summed E-state index contributed by atoms with van der Waals surface area (Å²) in [6.07, 6.45) is 7.88. The number of fused-ring (bicyclic) bond motifs is 1. The van der Waals surface area contributed by atoms with Crippen LogP contribution in [0, 0.1) is 0 Å². The third-order valence-corrected chi connectivity index (χ3v) is 4.86. The molecule has 6 nitrogen and oxygen atoms in total. The van der Waals surface area contributed by atoms with E-state index in [4.69, 9.17) is 9.72 Å². The summed E-state index contributed by atoms with van der Waals surface area (Å²) in [5.41, 5.74) is 3.13. The number of rotatable bonds is 5. The van der Waals surface area contributed by atoms with Gasteiger partial charge in [-0.05, 0) is 30.4 Å². The monoisotopic (exact) mass is 351 g/mol. The molecule has 0 radical (unpaired) electrons. The summed E-state index contributed by atoms with van der Waals surface area (Å²) in [5, 5.41) is 4.48. The number of ether oxygens (including phenoxy) is 1. The highest BCUT2D eigenvalue weighted by atomic mass is 16.5. The van der Waals surface area contributed by atoms with Gasteiger partial charge in [-0.25, -0.2) is 4.98 Å². The Bertz CT molecular complexity index is 861. The van der Waals surface area contributed by atoms with E-state index in [1.54, 1.807) is 6.20 Å². The van der Waals surface area contributed by atoms with Gasteiger partial charge in [-0.15, -0.1) is 0 Å². The van der Waals surface area contributed by atoms with Crippen molar-refractivity contribution in [3.63, 3.8) is 0 Å². The molecule has 136 valence electrons. The third-order valence-electron chi connectivity index (χ3n) is 4.86. The van der Waals surface area contributed by atoms with Gasteiger partial charge in [0.1, 0.15) is 5.82 Å². The molecule has 1 aliphatic heterocycles. The summed E-state index contributed by atoms with van der Waals surface area (Å²) >= 11 is 0. The average molecular weight is 351 g/mol. The van der Waals surface area contributed by atoms with E-state index in [1.165, 1.54) is 0 Å². The minimum atomic E-state index is 0.213. The summed E-state index contributed by atoms with van der Waals surface area (Å²) in [4.78, 5) is 11.3. The maximum absolute atomic E-state index is 6.17. The van der Waals surface area contributed by atoms with Gasteiger partial charge in [0.15, 0.2) is 5.65 Å². The highest BCUT2D eigenvalue weighted by Gasteiger charge is 2.23. The van der Waals surface area contributed by atoms with Gasteiger partial charge in [0.05, 0.1) is 18.9 Å². The largest absolute Gasteiger partial charge is 0.372 e. The van der Waals surface area contributed by atoms with E-state index in [0.29, 0.717) is 12.5 Å². The molecule has 3 aromatic heterocycles. The number of hydrogen-bond acceptors (Lipinski definition) is 5. The third kappa shape index (κ3) is 3.55. The lowest BCUT2D eigenvalue weighted by atomic mass is 10.1. The van der Waals surface area contributed by atoms with Crippen LogP contribution in [0.1, 0.15) is 43.9 Å². The van der Waals surface area contributed by atoms with Crippen molar-refractivity contribution in [3.8, 4) is 0 Å². The first-order valence-electron chi connectivity index (χ1n) is 9.31. The summed E-state index contributed by atoms with van der Waals surface area (Å²) < 4.78 is 8.10. The second-order valence-corrected chi connectivity index (χ2v) is 7.18. The maximum atomic E-state index is 6.17. The van der Waals surface area contributed by atoms with Gasteiger partial charge < -0.3 is 9.64 Å². The molecule has 0 amide bonds. The quantitative estimate of drug-likeness (QED) is 0.705. The fraction of sp³-hybridized carbons (Fsp3) is 0.450. The molecule has 1 fully saturated rings. The summed E-state index contributed by atoms with van der Waals surface area (Å²) in [7, 11) is 0. The molecule has 6 heteroatoms. The molecule has 4 rings (SSSR count). The van der Waals surface area contributed by atoms with E-state index in [9.17, 15) is 0 Å². The lowest BCUT2D eigenvalue weighted by molar-refractivity contribution is 0.0312. The number of pyridine rings is 1. The predicted octanol–water partition coefficient (Wildman–Crippen LogP) is 3.43. The molecule has 0 aliphatic carbocycles. The van der Waals surface area contributed by atoms with Gasteiger partial charge >= 0.3 is 0 Å². The second kappa shape index (κ2) is 7.41. The van der Waals surface area contributed by atoms with Crippen LogP contribution in [0.3, 0.4) is 0 Å². The minimum absolute atomic E-state index is 0.213. The van der Waals surface area contributed by atoms with Crippen LogP contribution in [0.15, 0.2) is 42.9 Å². The number of nitrogens with zero attached hydrogens (tertiary/aromatic N) is 5. The molecule has 1 saturated heterocycles. The number of aromatic nitrogens is 4. The Balaban J connectivity index is 1.52. The highest BCUT2D eigenvalue weighted by Crippen LogP contribution is 2.25. The molecule has 1 aliphatic rings. The fourth-order valence-corrected chi connectivity index (χ4v) is 3.42. The van der Waals surface area contributed by atoms with Crippen LogP contribution >= 0.6 is 0 Å². The highest BCUT2D eigenvalue weighted by molar-refractivity contribution is 5.51. The molecule has 1 atom stereocenters. The molecule has 0 N–H and O–H groups in total. The number of anilines is 1. The first kappa shape index (κ1) is 17.0. The normalized spacial score (nSPS) is 18.0. The lowest BCUT2D eigenvalue weighted by Crippen LogP contribution is -2.40. The van der Waals surface area contributed by atoms with Crippen LogP contribution in [-0.4, -0.2) is 38.8 Å². The predicted molar refractivity (Wildman–Crippen MR) is 101 cm³/mol. The van der Waals surface area contributed by atoms with Crippen LogP contribution in [0.4, 0.5) is 5.82 Å². The van der Waals surface area contributed by atoms with Gasteiger partial charge in [0.25, 0.3) is 0 Å². The van der Waals surface area contributed by atoms with Crippen molar-refractivity contribution in [2.45, 2.75) is 45.3 Å². The topological polar surface area (TPSA) is 55.5 Å². The van der Waals surface area contributed by atoms with E-state index < -0.39 is 0 Å². The smallest absolute Gasteiger partial charge is 0.157 e. The molecule has 4 heterocycles. The van der Waals surface area contributed by atoms with E-state index in [-0.39, 0.29) is 6.10 Å². The Hall–Kier alpha value is -2.47. The molecule has 3 aromatic rings. The van der Waals surface area contributed by atoms with Gasteiger partial charge in [-0.3, -0.25) is 4.98 Å². The van der Waals surface area contributed by atoms with Crippen molar-refractivity contribution < 1.29 is 4.74 Å². The van der Waals surface area contributed by atoms with Gasteiger partial charge in [-0.1, -0.05) is 19.9 Å². The zero-order valence-corrected chi connectivity index (χ0v) is 15.4. The Morgan fingerprint density at radius 2 is 2.19 bits per heavy atom. The Morgan fingerprint density at radius 3 is 3.00 bits per heavy atom. The summed E-state index contributed by atoms with van der Waals surface area (Å²) in [6.45, 7) is 6.85. The molecular weight excluding hydrogens is 326 g/mol. The van der Waals surface area contributed by atoms with Crippen molar-refractivity contribution in [3.05, 3.63) is 54.1 Å². The molecule has 0 aromatic carbocycles. The van der Waals surface area contributed by atoms with Gasteiger partial charge in [0.2, 0.25) is 0 Å². The van der Waals surface area contributed by atoms with E-state index in [2.05, 4.69) is 41.0 Å². The summed E-state index contributed by atoms with van der Waals surface area (Å²) in [5.74, 6) is 1.49. The van der Waals surface area contributed by atoms with Crippen molar-refractivity contribution in [1.29, 1.82) is 0 Å². The van der Waals surface area contributed by atoms with E-state index in [1.807, 2.05) is 29.0 Å². The Labute approximate surface area is 153 Å². The summed E-state index contributed by atoms with van der Waals surface area (Å²) in [6, 6.07) is 8.15. The van der Waals surface area contributed by atoms with Crippen molar-refractivity contribution in [1.82, 2.24) is 19.6 Å². The lowest BCUT2D eigenvalue weighted by Gasteiger charge is -2.34. The molecular formula is C20H25N5O. The minimum Gasteiger partial charge on any atom is -0.372 e. The van der Waals surface area contributed by atoms with Crippen molar-refractivity contribution >= 4 is 11.5 Å². The molecule has 0 saturated carbocycles. The van der Waals surface area contributed by atoms with Crippen LogP contribution in [0.5, 0.6) is 0 Å². The van der Waals surface area contributed by atoms with Gasteiger partial charge in [-0.2, -0.15) is 9.61 Å². The van der Waals surface area contributed by atoms with Gasteiger partial charge in [0, 0.05) is 43.3 Å². The van der Waals surface area contributed by atoms with Crippen LogP contribution in [0.25, 0.3) is 5.65 Å². The van der Waals surface area contributed by atoms with Crippen molar-refractivity contribution in [2.24, 2.45) is 0 Å². The Kier molecular flexibility index (Phi) is 4.84. The van der Waals surface area contributed by atoms with Crippen LogP contribution in [-0.2, 0) is 11.3 Å². The first-order valence-corrected chi connectivity index (χ1v) is 9.31. The molecule has 0 bridgehead atoms. The molecule has 0 spiro atoms. The second-order valence-electron chi connectivity index (χ2n) is 7.18. The zero-order valence-electron chi connectivity index (χ0n) is 15.4. The number of hydrogen-bond donors (Lipinski definition) is 0. The van der Waals surface area contributed by atoms with Crippen molar-refractivity contribution in [2.75, 3.05) is 18.0 Å². The number of piperidine rings is 1. The zero-order chi connectivity index (χ0) is 17.9. The van der Waals surface area contributed by atoms with E-state index >= 15 is 0 Å². The average Bonchev–Trinajstić information content (AvgIpc) is 3.15. The SMILES string of the molecule is CC(C)c1cc(N2CCC[C@@H](OCc3cccnc3)C2)n2nccc2n1. The molecule has 0 unspecified atom stereocenters. The van der Waals surface area contributed by atoms with Crippen LogP contribution < -0.4 is 4.90 Å². The Morgan fingerprint density at radius 1 is 1.27 bits per heavy atom. The maximum Gasteiger partial charge on any atom is 0.157 e. The van der Waals surface area contributed by atoms with E-state index in [0.717, 1.165) is 48.7 Å². The first-order chi connectivity index (χ1) is 12.7. The van der Waals surface area contributed by atoms with Crippen LogP contribution in [0.2, 0.25) is 0 Å². The fourth-order valence-electron chi connectivity index (χ4n) is 3.42. The molecule has 26 heavy (non-hydrogen) atoms. The standard InChI is InChI=1S/C20H25N5O/c1-15(2)18-11-20(25-19(23-18)7-9-22-25)24-10-4-6-17(13-24)26-14-16-5-3-8-21-12-16/h3,5,7-9,11-12,15,17H,4,6,10,13-14H2,1-2H3/t17-/m1/s1.